The van der Waals surface area contributed by atoms with Gasteiger partial charge in [0.1, 0.15) is 40.0 Å². The summed E-state index contributed by atoms with van der Waals surface area (Å²) in [6.07, 6.45) is -9.87. The van der Waals surface area contributed by atoms with Crippen LogP contribution in [-0.2, 0) is 58.6 Å². The molecule has 21 heteroatoms. The number of halogens is 10. The lowest BCUT2D eigenvalue weighted by Gasteiger charge is -2.45. The van der Waals surface area contributed by atoms with Crippen molar-refractivity contribution in [2.75, 3.05) is 11.7 Å². The van der Waals surface area contributed by atoms with Gasteiger partial charge in [-0.3, -0.25) is 0 Å². The Labute approximate surface area is 649 Å². The van der Waals surface area contributed by atoms with Gasteiger partial charge in [-0.05, 0) is 227 Å². The summed E-state index contributed by atoms with van der Waals surface area (Å²) in [5.74, 6) is 1.17. The van der Waals surface area contributed by atoms with Gasteiger partial charge >= 0.3 is 30.4 Å². The van der Waals surface area contributed by atoms with Crippen molar-refractivity contribution in [1.82, 2.24) is 0 Å². The van der Waals surface area contributed by atoms with Crippen LogP contribution in [0.4, 0.5) is 61.0 Å². The standard InChI is InChI=1S/C26H25NO.C20H20O.C12H20O.C8H12F2O.C7H12O2.2C6H6F4O.C5H8O2/c1-18-19(2)26(28-25(18,3)4)21-14-8-10-16-23(21)27(20-12-6-5-7-13-20)24-17-11-9-15-22(24)26;1-13-14(2)21-20(19(13,3)4)17-11-7-5-9-15(17)16-10-6-8-12-18(16)20;1-9-10(2)13-12(11(9,3)4)7-5-6-8-12;1-5-6(2)11-8(9,10)7(5,3)4;1-5-6(2)9-7(3,4)8-5;1-3-4(2)11-6(9,10)5(3,7)8;1-3-4(2)6(9,10)11-5(3,7)8;1-4-5(2)7-3-6-4/h5-17H,1-4H3;5-12H,1-4H3;5-8H2,1-4H3;1-4H3;1-4H3;2*1-2H3;3H2,1-2H3. The molecule has 3 spiro atoms. The molecular formula is C90H109F10NO10. The smallest absolute Gasteiger partial charge is 0.468 e. The Kier molecular flexibility index (Phi) is 23.7. The molecule has 0 atom stereocenters. The van der Waals surface area contributed by atoms with E-state index in [1.165, 1.54) is 112 Å². The number of hydrogen-bond acceptors (Lipinski definition) is 11. The number of fused-ring (bicyclic) bond motifs is 9. The molecule has 0 radical (unpaired) electrons. The number of benzene rings is 5. The Morgan fingerprint density at radius 2 is 0.694 bits per heavy atom. The molecule has 0 N–H and O–H groups in total. The van der Waals surface area contributed by atoms with E-state index in [-0.39, 0.29) is 27.6 Å². The van der Waals surface area contributed by atoms with Crippen LogP contribution in [0.3, 0.4) is 0 Å². The van der Waals surface area contributed by atoms with E-state index in [1.54, 1.807) is 13.8 Å². The average Bonchev–Trinajstić information content (AvgIpc) is 1.66. The van der Waals surface area contributed by atoms with Crippen LogP contribution < -0.4 is 4.90 Å². The van der Waals surface area contributed by atoms with Crippen LogP contribution in [0.15, 0.2) is 218 Å². The second-order valence-corrected chi connectivity index (χ2v) is 32.5. The SMILES string of the molecule is CC1=C(C)C(C)(C)C(F)(F)O1.CC1=C(C)C(C)(C)C2(CCCC2)O1.CC1=C(C)C(C)(C)C2(O1)c1ccccc1-c1ccccc12.CC1=C(C)C(F)(F)C(F)(F)O1.CC1=C(C)C(F)(F)OC1(F)F.CC1=C(C)C2(OC1(C)C)c1ccccc1N(c1ccccc1)c1ccccc12.CC1=C(C)OC(C)(C)O1.CC1=C(C)OCO1. The molecule has 1 saturated carbocycles. The van der Waals surface area contributed by atoms with Crippen LogP contribution in [0.5, 0.6) is 0 Å². The normalized spacial score (nSPS) is 23.4. The zero-order chi connectivity index (χ0) is 83.0. The van der Waals surface area contributed by atoms with Gasteiger partial charge in [0.05, 0.1) is 39.7 Å². The van der Waals surface area contributed by atoms with Gasteiger partial charge in [-0.15, -0.1) is 0 Å². The third kappa shape index (κ3) is 15.3. The quantitative estimate of drug-likeness (QED) is 0.119. The van der Waals surface area contributed by atoms with Crippen molar-refractivity contribution in [3.8, 4) is 11.1 Å². The van der Waals surface area contributed by atoms with Crippen LogP contribution in [0.1, 0.15) is 228 Å². The van der Waals surface area contributed by atoms with Gasteiger partial charge < -0.3 is 47.5 Å². The highest BCUT2D eigenvalue weighted by Gasteiger charge is 2.66. The zero-order valence-electron chi connectivity index (χ0n) is 69.0. The fourth-order valence-corrected chi connectivity index (χ4v) is 15.8. The fraction of sp³-hybridized carbons (Fsp3) is 0.489. The Morgan fingerprint density at radius 1 is 0.315 bits per heavy atom. The van der Waals surface area contributed by atoms with E-state index in [4.69, 9.17) is 33.2 Å². The first-order chi connectivity index (χ1) is 51.1. The highest BCUT2D eigenvalue weighted by molar-refractivity contribution is 5.87. The molecule has 1 fully saturated rings. The minimum absolute atomic E-state index is 0.0558. The third-order valence-electron chi connectivity index (χ3n) is 24.5. The van der Waals surface area contributed by atoms with E-state index in [0.29, 0.717) is 18.1 Å². The summed E-state index contributed by atoms with van der Waals surface area (Å²) in [6.45, 7) is 48.6. The molecule has 11 aliphatic rings. The van der Waals surface area contributed by atoms with Gasteiger partial charge in [0.25, 0.3) is 0 Å². The van der Waals surface area contributed by atoms with Crippen LogP contribution >= 0.6 is 0 Å². The average molecular weight is 1550 g/mol. The second kappa shape index (κ2) is 30.4. The molecule has 5 aromatic rings. The minimum atomic E-state index is -4.37. The summed E-state index contributed by atoms with van der Waals surface area (Å²) in [7, 11) is 0. The van der Waals surface area contributed by atoms with Crippen molar-refractivity contribution in [3.05, 3.63) is 240 Å². The number of hydrogen-bond donors (Lipinski definition) is 0. The zero-order valence-corrected chi connectivity index (χ0v) is 69.0. The molecule has 0 amide bonds. The predicted molar refractivity (Wildman–Crippen MR) is 413 cm³/mol. The highest BCUT2D eigenvalue weighted by atomic mass is 19.3. The largest absolute Gasteiger partial charge is 0.491 e. The maximum absolute atomic E-state index is 13.0. The molecule has 0 aromatic heterocycles. The van der Waals surface area contributed by atoms with Crippen molar-refractivity contribution in [2.24, 2.45) is 16.2 Å². The maximum Gasteiger partial charge on any atom is 0.468 e. The third-order valence-corrected chi connectivity index (χ3v) is 24.5. The van der Waals surface area contributed by atoms with Crippen LogP contribution in [0.25, 0.3) is 11.1 Å². The minimum Gasteiger partial charge on any atom is -0.491 e. The summed E-state index contributed by atoms with van der Waals surface area (Å²) in [5, 5.41) is 0. The van der Waals surface area contributed by atoms with Crippen LogP contribution in [-0.4, -0.2) is 54.1 Å². The molecule has 0 unspecified atom stereocenters. The highest BCUT2D eigenvalue weighted by Crippen LogP contribution is 2.66. The van der Waals surface area contributed by atoms with Gasteiger partial charge in [-0.2, -0.15) is 43.9 Å². The van der Waals surface area contributed by atoms with Gasteiger partial charge in [0, 0.05) is 69.3 Å². The summed E-state index contributed by atoms with van der Waals surface area (Å²) in [4.78, 5) is 2.35. The van der Waals surface area contributed by atoms with Gasteiger partial charge in [0.2, 0.25) is 12.6 Å². The monoisotopic (exact) mass is 1550 g/mol. The summed E-state index contributed by atoms with van der Waals surface area (Å²) in [5.41, 5.74) is 13.0. The number of ether oxygens (including phenoxy) is 10. The van der Waals surface area contributed by atoms with E-state index < -0.39 is 69.6 Å². The molecule has 2 aliphatic carbocycles. The number of rotatable bonds is 1. The summed E-state index contributed by atoms with van der Waals surface area (Å²) < 4.78 is 176. The van der Waals surface area contributed by atoms with Crippen molar-refractivity contribution in [1.29, 1.82) is 0 Å². The number of nitrogens with zero attached hydrogens (tertiary/aromatic N) is 1. The fourth-order valence-electron chi connectivity index (χ4n) is 15.8. The molecule has 9 heterocycles. The molecule has 0 saturated heterocycles. The summed E-state index contributed by atoms with van der Waals surface area (Å²) >= 11 is 0. The first-order valence-corrected chi connectivity index (χ1v) is 37.5. The van der Waals surface area contributed by atoms with Gasteiger partial charge in [0.15, 0.2) is 5.60 Å². The molecule has 9 aliphatic heterocycles. The molecule has 11 nitrogen and oxygen atoms in total. The Morgan fingerprint density at radius 3 is 0.982 bits per heavy atom. The lowest BCUT2D eigenvalue weighted by Crippen LogP contribution is -2.40. The second-order valence-electron chi connectivity index (χ2n) is 32.5. The van der Waals surface area contributed by atoms with E-state index in [0.717, 1.165) is 62.2 Å². The Balaban J connectivity index is 0.000000152. The molecule has 5 aromatic carbocycles. The summed E-state index contributed by atoms with van der Waals surface area (Å²) in [6, 6.07) is 45.2. The van der Waals surface area contributed by atoms with Crippen molar-refractivity contribution in [3.63, 3.8) is 0 Å². The van der Waals surface area contributed by atoms with E-state index in [9.17, 15) is 43.9 Å². The van der Waals surface area contributed by atoms with E-state index in [2.05, 4.69) is 230 Å². The molecule has 111 heavy (non-hydrogen) atoms. The Bertz CT molecular complexity index is 4440. The molecular weight excluding hydrogens is 1440 g/mol. The predicted octanol–water partition coefficient (Wildman–Crippen LogP) is 27.0. The van der Waals surface area contributed by atoms with Crippen molar-refractivity contribution >= 4 is 17.1 Å². The number of allylic oxidation sites excluding steroid dienone is 8. The Hall–Kier alpha value is -8.56. The molecule has 16 rings (SSSR count). The number of anilines is 3. The maximum atomic E-state index is 13.0. The van der Waals surface area contributed by atoms with Gasteiger partial charge in [-0.1, -0.05) is 131 Å². The first kappa shape index (κ1) is 86.4. The lowest BCUT2D eigenvalue weighted by atomic mass is 9.67. The van der Waals surface area contributed by atoms with Crippen molar-refractivity contribution < 1.29 is 91.3 Å². The lowest BCUT2D eigenvalue weighted by molar-refractivity contribution is -0.322. The molecule has 604 valence electrons. The molecule has 0 bridgehead atoms. The first-order valence-electron chi connectivity index (χ1n) is 37.5. The van der Waals surface area contributed by atoms with Gasteiger partial charge in [-0.25, -0.2) is 4.74 Å². The number of alkyl halides is 10. The van der Waals surface area contributed by atoms with Crippen LogP contribution in [0, 0.1) is 16.2 Å². The topological polar surface area (TPSA) is 95.5 Å². The number of para-hydroxylation sites is 3. The van der Waals surface area contributed by atoms with Crippen LogP contribution in [0.2, 0.25) is 0 Å². The van der Waals surface area contributed by atoms with E-state index in [1.807, 2.05) is 41.5 Å². The van der Waals surface area contributed by atoms with E-state index >= 15 is 0 Å². The van der Waals surface area contributed by atoms with Crippen molar-refractivity contribution in [2.45, 2.75) is 264 Å².